The third kappa shape index (κ3) is 2.07. The van der Waals surface area contributed by atoms with Crippen molar-refractivity contribution in [3.63, 3.8) is 0 Å². The second-order valence-corrected chi connectivity index (χ2v) is 3.31. The van der Waals surface area contributed by atoms with E-state index in [1.807, 2.05) is 49.6 Å². The maximum Gasteiger partial charge on any atom is 0.125 e. The van der Waals surface area contributed by atoms with E-state index in [1.165, 1.54) is 0 Å². The number of pyridine rings is 1. The van der Waals surface area contributed by atoms with Gasteiger partial charge in [0.15, 0.2) is 0 Å². The van der Waals surface area contributed by atoms with Gasteiger partial charge >= 0.3 is 0 Å². The Bertz CT molecular complexity index is 449. The van der Waals surface area contributed by atoms with Crippen molar-refractivity contribution in [3.05, 3.63) is 42.6 Å². The fourth-order valence-electron chi connectivity index (χ4n) is 1.43. The molecule has 0 aliphatic heterocycles. The first-order valence-corrected chi connectivity index (χ1v) is 4.79. The summed E-state index contributed by atoms with van der Waals surface area (Å²) in [6.07, 6.45) is 1.83. The van der Waals surface area contributed by atoms with E-state index < -0.39 is 0 Å². The van der Waals surface area contributed by atoms with Crippen molar-refractivity contribution in [2.24, 2.45) is 0 Å². The van der Waals surface area contributed by atoms with Crippen LogP contribution in [0.2, 0.25) is 0 Å². The number of anilines is 2. The molecule has 3 N–H and O–H groups in total. The van der Waals surface area contributed by atoms with E-state index in [-0.39, 0.29) is 0 Å². The molecule has 2 rings (SSSR count). The van der Waals surface area contributed by atoms with E-state index in [4.69, 9.17) is 5.73 Å². The second-order valence-electron chi connectivity index (χ2n) is 3.31. The highest BCUT2D eigenvalue weighted by Crippen LogP contribution is 2.21. The van der Waals surface area contributed by atoms with Crippen LogP contribution in [0.15, 0.2) is 42.6 Å². The van der Waals surface area contributed by atoms with Crippen LogP contribution in [0.3, 0.4) is 0 Å². The zero-order valence-electron chi connectivity index (χ0n) is 8.57. The lowest BCUT2D eigenvalue weighted by atomic mass is 10.1. The largest absolute Gasteiger partial charge is 0.399 e. The van der Waals surface area contributed by atoms with Crippen LogP contribution in [0.1, 0.15) is 0 Å². The van der Waals surface area contributed by atoms with Crippen LogP contribution in [-0.4, -0.2) is 12.0 Å². The zero-order chi connectivity index (χ0) is 10.7. The quantitative estimate of drug-likeness (QED) is 0.730. The smallest absolute Gasteiger partial charge is 0.125 e. The average molecular weight is 199 g/mol. The number of benzene rings is 1. The Kier molecular flexibility index (Phi) is 2.54. The fraction of sp³-hybridized carbons (Fsp3) is 0.0833. The molecule has 1 heterocycles. The lowest BCUT2D eigenvalue weighted by Crippen LogP contribution is -1.91. The summed E-state index contributed by atoms with van der Waals surface area (Å²) in [6, 6.07) is 11.7. The number of nitrogens with two attached hydrogens (primary N) is 1. The van der Waals surface area contributed by atoms with Gasteiger partial charge in [-0.2, -0.15) is 0 Å². The van der Waals surface area contributed by atoms with Gasteiger partial charge in [-0.3, -0.25) is 0 Å². The summed E-state index contributed by atoms with van der Waals surface area (Å²) >= 11 is 0. The molecule has 3 heteroatoms. The number of nitrogen functional groups attached to an aromatic ring is 1. The van der Waals surface area contributed by atoms with Crippen LogP contribution in [0.25, 0.3) is 11.1 Å². The van der Waals surface area contributed by atoms with Gasteiger partial charge in [-0.25, -0.2) is 4.98 Å². The van der Waals surface area contributed by atoms with Crippen LogP contribution in [-0.2, 0) is 0 Å². The summed E-state index contributed by atoms with van der Waals surface area (Å²) in [7, 11) is 1.85. The molecule has 76 valence electrons. The Morgan fingerprint density at radius 2 is 2.00 bits per heavy atom. The number of hydrogen-bond acceptors (Lipinski definition) is 3. The maximum absolute atomic E-state index is 5.72. The van der Waals surface area contributed by atoms with E-state index in [0.717, 1.165) is 22.6 Å². The van der Waals surface area contributed by atoms with Crippen molar-refractivity contribution in [2.75, 3.05) is 18.1 Å². The molecule has 1 aromatic heterocycles. The monoisotopic (exact) mass is 199 g/mol. The van der Waals surface area contributed by atoms with Gasteiger partial charge < -0.3 is 11.1 Å². The molecule has 0 unspecified atom stereocenters. The van der Waals surface area contributed by atoms with Gasteiger partial charge in [-0.15, -0.1) is 0 Å². The highest BCUT2D eigenvalue weighted by Gasteiger charge is 1.98. The molecule has 0 fully saturated rings. The Morgan fingerprint density at radius 3 is 2.60 bits per heavy atom. The lowest BCUT2D eigenvalue weighted by molar-refractivity contribution is 1.29. The summed E-state index contributed by atoms with van der Waals surface area (Å²) in [5, 5.41) is 2.98. The molecule has 0 saturated heterocycles. The lowest BCUT2D eigenvalue weighted by Gasteiger charge is -2.03. The van der Waals surface area contributed by atoms with Gasteiger partial charge in [-0.1, -0.05) is 12.1 Å². The molecular formula is C12H13N3. The average Bonchev–Trinajstić information content (AvgIpc) is 2.29. The first-order valence-electron chi connectivity index (χ1n) is 4.79. The number of aromatic nitrogens is 1. The molecule has 3 nitrogen and oxygen atoms in total. The van der Waals surface area contributed by atoms with Crippen molar-refractivity contribution < 1.29 is 0 Å². The van der Waals surface area contributed by atoms with E-state index in [2.05, 4.69) is 10.3 Å². The van der Waals surface area contributed by atoms with Crippen LogP contribution < -0.4 is 11.1 Å². The second kappa shape index (κ2) is 4.00. The molecule has 15 heavy (non-hydrogen) atoms. The van der Waals surface area contributed by atoms with E-state index >= 15 is 0 Å². The van der Waals surface area contributed by atoms with E-state index in [1.54, 1.807) is 0 Å². The van der Waals surface area contributed by atoms with Crippen molar-refractivity contribution in [3.8, 4) is 11.1 Å². The van der Waals surface area contributed by atoms with Gasteiger partial charge in [0, 0.05) is 24.5 Å². The minimum Gasteiger partial charge on any atom is -0.399 e. The summed E-state index contributed by atoms with van der Waals surface area (Å²) in [6.45, 7) is 0. The molecule has 0 spiro atoms. The highest BCUT2D eigenvalue weighted by atomic mass is 14.9. The molecular weight excluding hydrogens is 186 g/mol. The standard InChI is InChI=1S/C12H13N3/c1-14-12-6-5-10(8-15-12)9-3-2-4-11(13)7-9/h2-8H,13H2,1H3,(H,14,15). The summed E-state index contributed by atoms with van der Waals surface area (Å²) in [4.78, 5) is 4.25. The van der Waals surface area contributed by atoms with Gasteiger partial charge in [0.05, 0.1) is 0 Å². The first-order chi connectivity index (χ1) is 7.29. The number of hydrogen-bond donors (Lipinski definition) is 2. The highest BCUT2D eigenvalue weighted by molar-refractivity contribution is 5.67. The van der Waals surface area contributed by atoms with Crippen LogP contribution in [0, 0.1) is 0 Å². The third-order valence-corrected chi connectivity index (χ3v) is 2.24. The SMILES string of the molecule is CNc1ccc(-c2cccc(N)c2)cn1. The molecule has 0 amide bonds. The minimum absolute atomic E-state index is 0.769. The predicted octanol–water partition coefficient (Wildman–Crippen LogP) is 2.37. The summed E-state index contributed by atoms with van der Waals surface area (Å²) in [5.41, 5.74) is 8.65. The molecule has 0 atom stereocenters. The van der Waals surface area contributed by atoms with E-state index in [0.29, 0.717) is 0 Å². The Labute approximate surface area is 89.0 Å². The predicted molar refractivity (Wildman–Crippen MR) is 63.6 cm³/mol. The number of nitrogens with one attached hydrogen (secondary N) is 1. The fourth-order valence-corrected chi connectivity index (χ4v) is 1.43. The van der Waals surface area contributed by atoms with Gasteiger partial charge in [0.1, 0.15) is 5.82 Å². The van der Waals surface area contributed by atoms with Gasteiger partial charge in [0.2, 0.25) is 0 Å². The minimum atomic E-state index is 0.769. The Balaban J connectivity index is 2.37. The molecule has 0 radical (unpaired) electrons. The molecule has 0 bridgehead atoms. The Hall–Kier alpha value is -2.03. The molecule has 1 aromatic carbocycles. The molecule has 0 saturated carbocycles. The first kappa shape index (κ1) is 9.52. The van der Waals surface area contributed by atoms with Crippen LogP contribution in [0.4, 0.5) is 11.5 Å². The van der Waals surface area contributed by atoms with Gasteiger partial charge in [0.25, 0.3) is 0 Å². The summed E-state index contributed by atoms with van der Waals surface area (Å²) < 4.78 is 0. The maximum atomic E-state index is 5.72. The molecule has 2 aromatic rings. The normalized spacial score (nSPS) is 9.93. The van der Waals surface area contributed by atoms with Crippen molar-refractivity contribution in [1.29, 1.82) is 0 Å². The summed E-state index contributed by atoms with van der Waals surface area (Å²) in [5.74, 6) is 0.864. The number of rotatable bonds is 2. The molecule has 0 aliphatic rings. The third-order valence-electron chi connectivity index (χ3n) is 2.24. The van der Waals surface area contributed by atoms with Crippen LogP contribution >= 0.6 is 0 Å². The van der Waals surface area contributed by atoms with Crippen molar-refractivity contribution in [2.45, 2.75) is 0 Å². The molecule has 0 aliphatic carbocycles. The van der Waals surface area contributed by atoms with Crippen molar-refractivity contribution >= 4 is 11.5 Å². The topological polar surface area (TPSA) is 50.9 Å². The number of nitrogens with zero attached hydrogens (tertiary/aromatic N) is 1. The Morgan fingerprint density at radius 1 is 1.13 bits per heavy atom. The van der Waals surface area contributed by atoms with Gasteiger partial charge in [-0.05, 0) is 29.8 Å². The van der Waals surface area contributed by atoms with Crippen molar-refractivity contribution in [1.82, 2.24) is 4.98 Å². The van der Waals surface area contributed by atoms with E-state index in [9.17, 15) is 0 Å². The van der Waals surface area contributed by atoms with Crippen LogP contribution in [0.5, 0.6) is 0 Å². The zero-order valence-corrected chi connectivity index (χ0v) is 8.57.